The van der Waals surface area contributed by atoms with E-state index in [4.69, 9.17) is 4.74 Å². The summed E-state index contributed by atoms with van der Waals surface area (Å²) < 4.78 is 28.4. The van der Waals surface area contributed by atoms with Crippen molar-refractivity contribution in [1.29, 1.82) is 0 Å². The molecular weight excluding hydrogens is 290 g/mol. The fourth-order valence-electron chi connectivity index (χ4n) is 1.92. The summed E-state index contributed by atoms with van der Waals surface area (Å²) in [6, 6.07) is 6.95. The number of benzene rings is 1. The summed E-state index contributed by atoms with van der Waals surface area (Å²) in [5.41, 5.74) is 0.844. The van der Waals surface area contributed by atoms with Gasteiger partial charge in [0.1, 0.15) is 5.75 Å². The van der Waals surface area contributed by atoms with Crippen LogP contribution in [0.25, 0.3) is 0 Å². The van der Waals surface area contributed by atoms with Crippen LogP contribution in [-0.2, 0) is 21.1 Å². The van der Waals surface area contributed by atoms with Crippen LogP contribution < -0.4 is 4.74 Å². The van der Waals surface area contributed by atoms with Crippen molar-refractivity contribution in [2.24, 2.45) is 0 Å². The molecule has 1 amide bonds. The van der Waals surface area contributed by atoms with Gasteiger partial charge in [-0.05, 0) is 24.6 Å². The van der Waals surface area contributed by atoms with Crippen molar-refractivity contribution in [3.63, 3.8) is 0 Å². The number of sulfone groups is 1. The Kier molecular flexibility index (Phi) is 6.20. The number of ether oxygens (including phenoxy) is 1. The second kappa shape index (κ2) is 7.45. The molecule has 0 N–H and O–H groups in total. The van der Waals surface area contributed by atoms with Crippen molar-refractivity contribution in [2.45, 2.75) is 26.3 Å². The van der Waals surface area contributed by atoms with Gasteiger partial charge in [-0.15, -0.1) is 0 Å². The summed E-state index contributed by atoms with van der Waals surface area (Å²) in [4.78, 5) is 13.7. The lowest BCUT2D eigenvalue weighted by atomic mass is 10.1. The zero-order chi connectivity index (χ0) is 16.0. The van der Waals surface area contributed by atoms with Gasteiger partial charge in [-0.1, -0.05) is 19.1 Å². The molecule has 0 heterocycles. The standard InChI is InChI=1S/C15H23NO4S/c1-5-21(18,19)11-12(2)16(3)15(17)10-13-7-6-8-14(9-13)20-4/h6-9,12H,5,10-11H2,1-4H3/t12-/m1/s1. The highest BCUT2D eigenvalue weighted by atomic mass is 32.2. The maximum atomic E-state index is 12.2. The molecule has 5 nitrogen and oxygen atoms in total. The van der Waals surface area contributed by atoms with Crippen LogP contribution in [0.3, 0.4) is 0 Å². The third-order valence-electron chi connectivity index (χ3n) is 3.48. The monoisotopic (exact) mass is 313 g/mol. The Morgan fingerprint density at radius 1 is 1.38 bits per heavy atom. The number of carbonyl (C=O) groups excluding carboxylic acids is 1. The van der Waals surface area contributed by atoms with Gasteiger partial charge in [-0.2, -0.15) is 0 Å². The van der Waals surface area contributed by atoms with Gasteiger partial charge in [0.25, 0.3) is 0 Å². The van der Waals surface area contributed by atoms with Crippen LogP contribution in [0.5, 0.6) is 5.75 Å². The normalized spacial score (nSPS) is 12.8. The Morgan fingerprint density at radius 2 is 2.05 bits per heavy atom. The smallest absolute Gasteiger partial charge is 0.227 e. The van der Waals surface area contributed by atoms with Crippen molar-refractivity contribution in [2.75, 3.05) is 25.7 Å². The zero-order valence-corrected chi connectivity index (χ0v) is 13.8. The molecule has 0 fully saturated rings. The largest absolute Gasteiger partial charge is 0.497 e. The predicted molar refractivity (Wildman–Crippen MR) is 83.3 cm³/mol. The van der Waals surface area contributed by atoms with Gasteiger partial charge in [0.15, 0.2) is 9.84 Å². The lowest BCUT2D eigenvalue weighted by Gasteiger charge is -2.24. The number of methoxy groups -OCH3 is 1. The van der Waals surface area contributed by atoms with Crippen molar-refractivity contribution >= 4 is 15.7 Å². The molecule has 0 aliphatic heterocycles. The van der Waals surface area contributed by atoms with Crippen LogP contribution in [0.15, 0.2) is 24.3 Å². The van der Waals surface area contributed by atoms with Crippen LogP contribution in [0.2, 0.25) is 0 Å². The first kappa shape index (κ1) is 17.5. The Hall–Kier alpha value is -1.56. The Balaban J connectivity index is 2.69. The summed E-state index contributed by atoms with van der Waals surface area (Å²) >= 11 is 0. The van der Waals surface area contributed by atoms with Crippen molar-refractivity contribution in [3.8, 4) is 5.75 Å². The topological polar surface area (TPSA) is 63.7 Å². The van der Waals surface area contributed by atoms with E-state index in [1.165, 1.54) is 4.90 Å². The number of hydrogen-bond acceptors (Lipinski definition) is 4. The molecule has 0 aliphatic rings. The molecule has 1 rings (SSSR count). The maximum Gasteiger partial charge on any atom is 0.227 e. The zero-order valence-electron chi connectivity index (χ0n) is 13.0. The highest BCUT2D eigenvalue weighted by molar-refractivity contribution is 7.91. The average Bonchev–Trinajstić information content (AvgIpc) is 2.46. The number of carbonyl (C=O) groups is 1. The molecule has 0 unspecified atom stereocenters. The van der Waals surface area contributed by atoms with Crippen LogP contribution in [-0.4, -0.2) is 50.9 Å². The summed E-state index contributed by atoms with van der Waals surface area (Å²) in [6.07, 6.45) is 0.226. The lowest BCUT2D eigenvalue weighted by molar-refractivity contribution is -0.130. The number of nitrogens with zero attached hydrogens (tertiary/aromatic N) is 1. The van der Waals surface area contributed by atoms with E-state index in [1.54, 1.807) is 34.1 Å². The molecule has 0 saturated heterocycles. The SMILES string of the molecule is CCS(=O)(=O)C[C@@H](C)N(C)C(=O)Cc1cccc(OC)c1. The number of likely N-dealkylation sites (N-methyl/N-ethyl adjacent to an activating group) is 1. The van der Waals surface area contributed by atoms with Gasteiger partial charge in [0.05, 0.1) is 19.3 Å². The molecular formula is C15H23NO4S. The molecule has 1 aromatic carbocycles. The highest BCUT2D eigenvalue weighted by Gasteiger charge is 2.21. The Bertz CT molecular complexity index is 583. The molecule has 6 heteroatoms. The number of rotatable bonds is 7. The highest BCUT2D eigenvalue weighted by Crippen LogP contribution is 2.14. The second-order valence-electron chi connectivity index (χ2n) is 5.08. The van der Waals surface area contributed by atoms with Crippen LogP contribution in [0, 0.1) is 0 Å². The quantitative estimate of drug-likeness (QED) is 0.765. The lowest BCUT2D eigenvalue weighted by Crippen LogP contribution is -2.40. The van der Waals surface area contributed by atoms with Gasteiger partial charge >= 0.3 is 0 Å². The van der Waals surface area contributed by atoms with Gasteiger partial charge < -0.3 is 9.64 Å². The van der Waals surface area contributed by atoms with E-state index in [9.17, 15) is 13.2 Å². The molecule has 118 valence electrons. The molecule has 0 spiro atoms. The average molecular weight is 313 g/mol. The Morgan fingerprint density at radius 3 is 2.62 bits per heavy atom. The van der Waals surface area contributed by atoms with Crippen LogP contribution in [0.1, 0.15) is 19.4 Å². The van der Waals surface area contributed by atoms with E-state index >= 15 is 0 Å². The summed E-state index contributed by atoms with van der Waals surface area (Å²) in [5.74, 6) is 0.672. The van der Waals surface area contributed by atoms with Gasteiger partial charge in [0, 0.05) is 18.8 Å². The van der Waals surface area contributed by atoms with E-state index in [1.807, 2.05) is 18.2 Å². The van der Waals surface area contributed by atoms with E-state index in [0.29, 0.717) is 5.75 Å². The molecule has 0 bridgehead atoms. The molecule has 0 aliphatic carbocycles. The first-order valence-corrected chi connectivity index (χ1v) is 8.70. The first-order valence-electron chi connectivity index (χ1n) is 6.88. The summed E-state index contributed by atoms with van der Waals surface area (Å²) in [7, 11) is 0.117. The number of amides is 1. The minimum absolute atomic E-state index is 0.0101. The Labute approximate surface area is 126 Å². The first-order chi connectivity index (χ1) is 9.79. The molecule has 1 atom stereocenters. The van der Waals surface area contributed by atoms with Gasteiger partial charge in [-0.3, -0.25) is 4.79 Å². The maximum absolute atomic E-state index is 12.2. The second-order valence-corrected chi connectivity index (χ2v) is 7.48. The minimum Gasteiger partial charge on any atom is -0.497 e. The predicted octanol–water partition coefficient (Wildman–Crippen LogP) is 1.52. The minimum atomic E-state index is -3.09. The molecule has 0 aromatic heterocycles. The van der Waals surface area contributed by atoms with Gasteiger partial charge in [-0.25, -0.2) is 8.42 Å². The van der Waals surface area contributed by atoms with Crippen LogP contribution in [0.4, 0.5) is 0 Å². The molecule has 21 heavy (non-hydrogen) atoms. The molecule has 0 radical (unpaired) electrons. The van der Waals surface area contributed by atoms with E-state index < -0.39 is 9.84 Å². The summed E-state index contributed by atoms with van der Waals surface area (Å²) in [5, 5.41) is 0. The third-order valence-corrected chi connectivity index (χ3v) is 5.35. The van der Waals surface area contributed by atoms with E-state index in [0.717, 1.165) is 5.56 Å². The summed E-state index contributed by atoms with van der Waals surface area (Å²) in [6.45, 7) is 3.36. The van der Waals surface area contributed by atoms with Crippen molar-refractivity contribution in [3.05, 3.63) is 29.8 Å². The fraction of sp³-hybridized carbons (Fsp3) is 0.533. The molecule has 0 saturated carbocycles. The van der Waals surface area contributed by atoms with E-state index in [2.05, 4.69) is 0 Å². The fourth-order valence-corrected chi connectivity index (χ4v) is 3.12. The number of hydrogen-bond donors (Lipinski definition) is 0. The van der Waals surface area contributed by atoms with Gasteiger partial charge in [0.2, 0.25) is 5.91 Å². The van der Waals surface area contributed by atoms with Crippen molar-refractivity contribution < 1.29 is 17.9 Å². The van der Waals surface area contributed by atoms with E-state index in [-0.39, 0.29) is 29.9 Å². The van der Waals surface area contributed by atoms with Crippen LogP contribution >= 0.6 is 0 Å². The molecule has 1 aromatic rings. The third kappa shape index (κ3) is 5.38. The van der Waals surface area contributed by atoms with Crippen molar-refractivity contribution in [1.82, 2.24) is 4.90 Å².